The molecule has 1 aromatic carbocycles. The Kier molecular flexibility index (Phi) is 2.10. The number of allylic oxidation sites excluding steroid dienone is 1. The Morgan fingerprint density at radius 3 is 2.85 bits per heavy atom. The molecule has 1 aromatic rings. The Hall–Kier alpha value is -0.860. The molecule has 1 aliphatic rings. The maximum absolute atomic E-state index is 5.85. The van der Waals surface area contributed by atoms with E-state index in [-0.39, 0.29) is 0 Å². The number of hydrogen-bond donors (Lipinski definition) is 1. The maximum atomic E-state index is 5.85. The van der Waals surface area contributed by atoms with Crippen LogP contribution in [0.1, 0.15) is 6.92 Å². The Morgan fingerprint density at radius 2 is 2.08 bits per heavy atom. The van der Waals surface area contributed by atoms with Gasteiger partial charge in [-0.3, -0.25) is 0 Å². The van der Waals surface area contributed by atoms with Gasteiger partial charge >= 0.3 is 0 Å². The Balaban J connectivity index is 2.44. The van der Waals surface area contributed by atoms with Gasteiger partial charge in [-0.25, -0.2) is 0 Å². The average Bonchev–Trinajstić information content (AvgIpc) is 2.08. The first-order chi connectivity index (χ1) is 6.16. The van der Waals surface area contributed by atoms with Crippen LogP contribution in [0, 0.1) is 0 Å². The molecule has 0 atom stereocenters. The van der Waals surface area contributed by atoms with Gasteiger partial charge in [0.25, 0.3) is 0 Å². The Labute approximate surface area is 86.1 Å². The molecule has 0 radical (unpaired) electrons. The molecule has 4 heteroatoms. The highest BCUT2D eigenvalue weighted by Gasteiger charge is 2.14. The molecule has 68 valence electrons. The zero-order valence-electron chi connectivity index (χ0n) is 6.90. The van der Waals surface area contributed by atoms with Gasteiger partial charge in [-0.2, -0.15) is 0 Å². The summed E-state index contributed by atoms with van der Waals surface area (Å²) < 4.78 is 5.43. The van der Waals surface area contributed by atoms with Gasteiger partial charge in [0.1, 0.15) is 10.9 Å². The molecule has 0 aromatic heterocycles. The fourth-order valence-corrected chi connectivity index (χ4v) is 1.42. The van der Waals surface area contributed by atoms with Crippen molar-refractivity contribution in [3.8, 4) is 5.75 Å². The molecule has 1 aliphatic heterocycles. The summed E-state index contributed by atoms with van der Waals surface area (Å²) in [7, 11) is 0. The third-order valence-corrected chi connectivity index (χ3v) is 2.35. The van der Waals surface area contributed by atoms with E-state index in [0.29, 0.717) is 15.9 Å². The van der Waals surface area contributed by atoms with Crippen molar-refractivity contribution in [2.45, 2.75) is 6.92 Å². The second-order valence-corrected chi connectivity index (χ2v) is 3.55. The van der Waals surface area contributed by atoms with Crippen molar-refractivity contribution in [3.63, 3.8) is 0 Å². The molecule has 0 fully saturated rings. The van der Waals surface area contributed by atoms with Gasteiger partial charge in [-0.05, 0) is 25.1 Å². The number of halogens is 2. The molecule has 0 bridgehead atoms. The first-order valence-electron chi connectivity index (χ1n) is 3.77. The summed E-state index contributed by atoms with van der Waals surface area (Å²) >= 11 is 11.7. The lowest BCUT2D eigenvalue weighted by atomic mass is 10.2. The van der Waals surface area contributed by atoms with E-state index in [0.717, 1.165) is 11.4 Å². The molecule has 0 unspecified atom stereocenters. The predicted molar refractivity (Wildman–Crippen MR) is 54.3 cm³/mol. The van der Waals surface area contributed by atoms with Crippen LogP contribution in [0.5, 0.6) is 5.75 Å². The molecule has 0 saturated heterocycles. The summed E-state index contributed by atoms with van der Waals surface area (Å²) in [5, 5.41) is 4.13. The van der Waals surface area contributed by atoms with Crippen molar-refractivity contribution in [2.75, 3.05) is 5.32 Å². The predicted octanol–water partition coefficient (Wildman–Crippen LogP) is 3.57. The minimum absolute atomic E-state index is 0.495. The number of benzene rings is 1. The molecular weight excluding hydrogens is 209 g/mol. The molecule has 0 saturated carbocycles. The first-order valence-corrected chi connectivity index (χ1v) is 4.53. The average molecular weight is 216 g/mol. The highest BCUT2D eigenvalue weighted by Crippen LogP contribution is 2.35. The SMILES string of the molecule is CC1=C(Cl)Nc2cc(Cl)ccc2O1. The normalized spacial score (nSPS) is 14.7. The monoisotopic (exact) mass is 215 g/mol. The van der Waals surface area contributed by atoms with E-state index in [9.17, 15) is 0 Å². The van der Waals surface area contributed by atoms with E-state index in [1.54, 1.807) is 25.1 Å². The molecule has 0 amide bonds. The number of fused-ring (bicyclic) bond motifs is 1. The van der Waals surface area contributed by atoms with Crippen molar-refractivity contribution in [2.24, 2.45) is 0 Å². The lowest BCUT2D eigenvalue weighted by Gasteiger charge is -2.19. The fourth-order valence-electron chi connectivity index (χ4n) is 1.10. The van der Waals surface area contributed by atoms with E-state index in [1.165, 1.54) is 0 Å². The molecule has 0 spiro atoms. The van der Waals surface area contributed by atoms with Gasteiger partial charge in [-0.1, -0.05) is 23.2 Å². The van der Waals surface area contributed by atoms with Crippen LogP contribution in [-0.2, 0) is 0 Å². The van der Waals surface area contributed by atoms with Crippen molar-refractivity contribution in [3.05, 3.63) is 34.1 Å². The molecular formula is C9H7Cl2NO. The van der Waals surface area contributed by atoms with Crippen LogP contribution in [-0.4, -0.2) is 0 Å². The second kappa shape index (κ2) is 3.13. The van der Waals surface area contributed by atoms with Crippen molar-refractivity contribution < 1.29 is 4.74 Å². The van der Waals surface area contributed by atoms with Crippen LogP contribution in [0.2, 0.25) is 5.02 Å². The standard InChI is InChI=1S/C9H7Cl2NO/c1-5-9(11)12-7-4-6(10)2-3-8(7)13-5/h2-4,12H,1H3. The van der Waals surface area contributed by atoms with E-state index < -0.39 is 0 Å². The lowest BCUT2D eigenvalue weighted by Crippen LogP contribution is -2.08. The topological polar surface area (TPSA) is 21.3 Å². The fraction of sp³-hybridized carbons (Fsp3) is 0.111. The van der Waals surface area contributed by atoms with Gasteiger partial charge in [0.15, 0.2) is 5.75 Å². The molecule has 2 rings (SSSR count). The third kappa shape index (κ3) is 1.60. The third-order valence-electron chi connectivity index (χ3n) is 1.76. The van der Waals surface area contributed by atoms with Crippen LogP contribution in [0.25, 0.3) is 0 Å². The van der Waals surface area contributed by atoms with E-state index in [4.69, 9.17) is 27.9 Å². The highest BCUT2D eigenvalue weighted by atomic mass is 35.5. The zero-order valence-corrected chi connectivity index (χ0v) is 8.41. The lowest BCUT2D eigenvalue weighted by molar-refractivity contribution is 0.421. The summed E-state index contributed by atoms with van der Waals surface area (Å²) in [4.78, 5) is 0. The summed E-state index contributed by atoms with van der Waals surface area (Å²) in [6.07, 6.45) is 0. The summed E-state index contributed by atoms with van der Waals surface area (Å²) in [6, 6.07) is 5.35. The molecule has 13 heavy (non-hydrogen) atoms. The van der Waals surface area contributed by atoms with Crippen LogP contribution < -0.4 is 10.1 Å². The molecule has 0 aliphatic carbocycles. The van der Waals surface area contributed by atoms with Crippen LogP contribution >= 0.6 is 23.2 Å². The summed E-state index contributed by atoms with van der Waals surface area (Å²) in [6.45, 7) is 1.80. The van der Waals surface area contributed by atoms with Gasteiger partial charge in [0, 0.05) is 5.02 Å². The Bertz CT molecular complexity index is 387. The number of nitrogens with one attached hydrogen (secondary N) is 1. The van der Waals surface area contributed by atoms with Gasteiger partial charge in [-0.15, -0.1) is 0 Å². The quantitative estimate of drug-likeness (QED) is 0.669. The van der Waals surface area contributed by atoms with Crippen LogP contribution in [0.4, 0.5) is 5.69 Å². The van der Waals surface area contributed by atoms with Crippen molar-refractivity contribution >= 4 is 28.9 Å². The van der Waals surface area contributed by atoms with Gasteiger partial charge in [0.05, 0.1) is 5.69 Å². The van der Waals surface area contributed by atoms with Crippen molar-refractivity contribution in [1.29, 1.82) is 0 Å². The second-order valence-electron chi connectivity index (χ2n) is 2.74. The minimum atomic E-state index is 0.495. The smallest absolute Gasteiger partial charge is 0.150 e. The van der Waals surface area contributed by atoms with Gasteiger partial charge < -0.3 is 10.1 Å². The number of anilines is 1. The highest BCUT2D eigenvalue weighted by molar-refractivity contribution is 6.32. The van der Waals surface area contributed by atoms with Gasteiger partial charge in [0.2, 0.25) is 0 Å². The zero-order chi connectivity index (χ0) is 9.42. The Morgan fingerprint density at radius 1 is 1.31 bits per heavy atom. The summed E-state index contributed by atoms with van der Waals surface area (Å²) in [5.41, 5.74) is 0.795. The molecule has 1 N–H and O–H groups in total. The molecule has 2 nitrogen and oxygen atoms in total. The maximum Gasteiger partial charge on any atom is 0.150 e. The van der Waals surface area contributed by atoms with E-state index >= 15 is 0 Å². The summed E-state index contributed by atoms with van der Waals surface area (Å²) in [5.74, 6) is 1.41. The number of ether oxygens (including phenoxy) is 1. The minimum Gasteiger partial charge on any atom is -0.457 e. The van der Waals surface area contributed by atoms with Crippen LogP contribution in [0.15, 0.2) is 29.1 Å². The largest absolute Gasteiger partial charge is 0.457 e. The first kappa shape index (κ1) is 8.73. The van der Waals surface area contributed by atoms with Crippen molar-refractivity contribution in [1.82, 2.24) is 0 Å². The van der Waals surface area contributed by atoms with Crippen LogP contribution in [0.3, 0.4) is 0 Å². The number of rotatable bonds is 0. The number of hydrogen-bond acceptors (Lipinski definition) is 2. The molecule has 1 heterocycles. The van der Waals surface area contributed by atoms with E-state index in [2.05, 4.69) is 5.32 Å². The van der Waals surface area contributed by atoms with E-state index in [1.807, 2.05) is 0 Å².